The summed E-state index contributed by atoms with van der Waals surface area (Å²) >= 11 is 1.67. The molecule has 5 aromatic carbocycles. The Balaban J connectivity index is 1.41. The van der Waals surface area contributed by atoms with E-state index in [2.05, 4.69) is 54.6 Å². The van der Waals surface area contributed by atoms with Gasteiger partial charge in [-0.15, -0.1) is 11.3 Å². The van der Waals surface area contributed by atoms with Crippen LogP contribution in [0.2, 0.25) is 0 Å². The fraction of sp³-hybridized carbons (Fsp3) is 0. The Hall–Kier alpha value is -5.23. The van der Waals surface area contributed by atoms with Gasteiger partial charge in [-0.3, -0.25) is 0 Å². The molecule has 0 aliphatic carbocycles. The molecule has 0 bridgehead atoms. The first-order chi connectivity index (χ1) is 18.7. The van der Waals surface area contributed by atoms with E-state index in [0.29, 0.717) is 16.7 Å². The summed E-state index contributed by atoms with van der Waals surface area (Å²) in [6.07, 6.45) is 0. The average molecular weight is 504 g/mol. The van der Waals surface area contributed by atoms with Crippen molar-refractivity contribution in [2.24, 2.45) is 0 Å². The zero-order valence-electron chi connectivity index (χ0n) is 20.0. The Morgan fingerprint density at radius 1 is 0.579 bits per heavy atom. The van der Waals surface area contributed by atoms with Gasteiger partial charge in [0.25, 0.3) is 0 Å². The fourth-order valence-electron chi connectivity index (χ4n) is 4.84. The lowest BCUT2D eigenvalue weighted by atomic mass is 9.95. The van der Waals surface area contributed by atoms with Gasteiger partial charge < -0.3 is 4.42 Å². The van der Waals surface area contributed by atoms with E-state index in [-0.39, 0.29) is 0 Å². The van der Waals surface area contributed by atoms with Crippen LogP contribution < -0.4 is 0 Å². The van der Waals surface area contributed by atoms with Crippen molar-refractivity contribution in [1.29, 1.82) is 10.5 Å². The first-order valence-electron chi connectivity index (χ1n) is 12.1. The van der Waals surface area contributed by atoms with Crippen LogP contribution in [-0.4, -0.2) is 4.98 Å². The van der Waals surface area contributed by atoms with Crippen molar-refractivity contribution in [1.82, 2.24) is 4.98 Å². The van der Waals surface area contributed by atoms with E-state index in [1.165, 1.54) is 0 Å². The summed E-state index contributed by atoms with van der Waals surface area (Å²) in [6, 6.07) is 38.5. The molecule has 2 heterocycles. The van der Waals surface area contributed by atoms with Gasteiger partial charge in [0.15, 0.2) is 0 Å². The number of aromatic nitrogens is 1. The highest BCUT2D eigenvalue weighted by Crippen LogP contribution is 2.38. The number of nitriles is 2. The van der Waals surface area contributed by atoms with Crippen molar-refractivity contribution in [2.45, 2.75) is 0 Å². The monoisotopic (exact) mass is 503 g/mol. The van der Waals surface area contributed by atoms with Gasteiger partial charge in [0, 0.05) is 16.3 Å². The Morgan fingerprint density at radius 2 is 1.21 bits per heavy atom. The maximum atomic E-state index is 9.27. The second-order valence-electron chi connectivity index (χ2n) is 9.11. The molecule has 0 fully saturated rings. The lowest BCUT2D eigenvalue weighted by molar-refractivity contribution is 0.669. The van der Waals surface area contributed by atoms with E-state index in [0.717, 1.165) is 59.4 Å². The fourth-order valence-corrected chi connectivity index (χ4v) is 5.80. The highest BCUT2D eigenvalue weighted by Gasteiger charge is 2.14. The molecule has 0 atom stereocenters. The quantitative estimate of drug-likeness (QED) is 0.241. The standard InChI is InChI=1S/C33H17N3OS/c34-18-20-5-8-22(9-6-20)24-14-25(16-26(15-24)33-36-29-3-1-2-4-32(29)38-33)23-10-12-28-27-11-7-21(19-35)13-30(27)37-31(28)17-23/h1-17H. The molecule has 0 saturated carbocycles. The number of nitrogens with zero attached hydrogens (tertiary/aromatic N) is 3. The van der Waals surface area contributed by atoms with Crippen LogP contribution in [0.25, 0.3) is 65.0 Å². The van der Waals surface area contributed by atoms with Crippen LogP contribution in [0.4, 0.5) is 0 Å². The summed E-state index contributed by atoms with van der Waals surface area (Å²) in [6.45, 7) is 0. The molecule has 0 N–H and O–H groups in total. The van der Waals surface area contributed by atoms with Gasteiger partial charge >= 0.3 is 0 Å². The number of hydrogen-bond acceptors (Lipinski definition) is 5. The zero-order valence-corrected chi connectivity index (χ0v) is 20.8. The van der Waals surface area contributed by atoms with E-state index in [9.17, 15) is 10.5 Å². The molecule has 2 aromatic heterocycles. The molecule has 0 saturated heterocycles. The minimum atomic E-state index is 0.576. The third kappa shape index (κ3) is 3.71. The molecular weight excluding hydrogens is 486 g/mol. The molecule has 0 amide bonds. The maximum Gasteiger partial charge on any atom is 0.136 e. The molecule has 0 spiro atoms. The Morgan fingerprint density at radius 3 is 1.97 bits per heavy atom. The van der Waals surface area contributed by atoms with Crippen molar-refractivity contribution in [2.75, 3.05) is 0 Å². The first kappa shape index (κ1) is 22.0. The molecule has 0 radical (unpaired) electrons. The molecule has 0 unspecified atom stereocenters. The van der Waals surface area contributed by atoms with Crippen molar-refractivity contribution in [3.8, 4) is 45.0 Å². The van der Waals surface area contributed by atoms with Crippen LogP contribution in [0.3, 0.4) is 0 Å². The summed E-state index contributed by atoms with van der Waals surface area (Å²) in [5.41, 5.74) is 8.85. The van der Waals surface area contributed by atoms with Crippen LogP contribution in [0.15, 0.2) is 108 Å². The van der Waals surface area contributed by atoms with E-state index in [1.54, 1.807) is 17.4 Å². The van der Waals surface area contributed by atoms with Crippen LogP contribution >= 0.6 is 11.3 Å². The van der Waals surface area contributed by atoms with Gasteiger partial charge in [-0.25, -0.2) is 4.98 Å². The smallest absolute Gasteiger partial charge is 0.136 e. The number of thiazole rings is 1. The van der Waals surface area contributed by atoms with Gasteiger partial charge in [0.2, 0.25) is 0 Å². The maximum absolute atomic E-state index is 9.27. The largest absolute Gasteiger partial charge is 0.456 e. The average Bonchev–Trinajstić information content (AvgIpc) is 3.57. The molecule has 5 heteroatoms. The molecule has 7 aromatic rings. The van der Waals surface area contributed by atoms with Crippen LogP contribution in [0, 0.1) is 22.7 Å². The molecule has 176 valence electrons. The minimum absolute atomic E-state index is 0.576. The van der Waals surface area contributed by atoms with Gasteiger partial charge in [0.05, 0.1) is 33.5 Å². The summed E-state index contributed by atoms with van der Waals surface area (Å²) in [5, 5.41) is 21.5. The molecule has 4 nitrogen and oxygen atoms in total. The number of rotatable bonds is 3. The number of hydrogen-bond donors (Lipinski definition) is 0. The van der Waals surface area contributed by atoms with Crippen molar-refractivity contribution < 1.29 is 4.42 Å². The highest BCUT2D eigenvalue weighted by atomic mass is 32.1. The normalized spacial score (nSPS) is 11.1. The van der Waals surface area contributed by atoms with Crippen LogP contribution in [0.5, 0.6) is 0 Å². The Kier molecular flexibility index (Phi) is 5.04. The van der Waals surface area contributed by atoms with E-state index in [4.69, 9.17) is 9.40 Å². The minimum Gasteiger partial charge on any atom is -0.456 e. The Labute approximate surface area is 222 Å². The predicted octanol–water partition coefficient (Wildman–Crippen LogP) is 8.94. The second kappa shape index (κ2) is 8.71. The molecule has 0 aliphatic rings. The highest BCUT2D eigenvalue weighted by molar-refractivity contribution is 7.21. The third-order valence-corrected chi connectivity index (χ3v) is 7.84. The van der Waals surface area contributed by atoms with Crippen molar-refractivity contribution in [3.63, 3.8) is 0 Å². The van der Waals surface area contributed by atoms with Crippen LogP contribution in [-0.2, 0) is 0 Å². The number of fused-ring (bicyclic) bond motifs is 4. The molecule has 38 heavy (non-hydrogen) atoms. The van der Waals surface area contributed by atoms with Gasteiger partial charge in [-0.1, -0.05) is 30.3 Å². The van der Waals surface area contributed by atoms with Gasteiger partial charge in [-0.05, 0) is 95.1 Å². The number of para-hydroxylation sites is 1. The summed E-state index contributed by atoms with van der Waals surface area (Å²) in [7, 11) is 0. The number of furan rings is 1. The lowest BCUT2D eigenvalue weighted by Crippen LogP contribution is -1.86. The van der Waals surface area contributed by atoms with Crippen LogP contribution in [0.1, 0.15) is 11.1 Å². The lowest BCUT2D eigenvalue weighted by Gasteiger charge is -2.10. The third-order valence-electron chi connectivity index (χ3n) is 6.76. The van der Waals surface area contributed by atoms with E-state index in [1.807, 2.05) is 54.6 Å². The zero-order chi connectivity index (χ0) is 25.6. The predicted molar refractivity (Wildman–Crippen MR) is 153 cm³/mol. The summed E-state index contributed by atoms with van der Waals surface area (Å²) in [5.74, 6) is 0. The second-order valence-corrected chi connectivity index (χ2v) is 10.1. The van der Waals surface area contributed by atoms with Gasteiger partial charge in [0.1, 0.15) is 16.2 Å². The van der Waals surface area contributed by atoms with E-state index >= 15 is 0 Å². The molecule has 7 rings (SSSR count). The Bertz CT molecular complexity index is 2070. The molecular formula is C33H17N3OS. The number of benzene rings is 5. The van der Waals surface area contributed by atoms with E-state index < -0.39 is 0 Å². The topological polar surface area (TPSA) is 73.6 Å². The molecule has 0 aliphatic heterocycles. The van der Waals surface area contributed by atoms with Crippen molar-refractivity contribution >= 4 is 43.5 Å². The van der Waals surface area contributed by atoms with Gasteiger partial charge in [-0.2, -0.15) is 10.5 Å². The summed E-state index contributed by atoms with van der Waals surface area (Å²) < 4.78 is 7.31. The summed E-state index contributed by atoms with van der Waals surface area (Å²) in [4.78, 5) is 4.91. The first-order valence-corrected chi connectivity index (χ1v) is 12.9. The van der Waals surface area contributed by atoms with Crippen molar-refractivity contribution in [3.05, 3.63) is 114 Å². The SMILES string of the molecule is N#Cc1ccc(-c2cc(-c3ccc4c(c3)oc3cc(C#N)ccc34)cc(-c3nc4ccccc4s3)c2)cc1.